The smallest absolute Gasteiger partial charge is 0.222 e. The maximum atomic E-state index is 11.5. The van der Waals surface area contributed by atoms with Crippen LogP contribution in [0, 0.1) is 0 Å². The summed E-state index contributed by atoms with van der Waals surface area (Å²) in [7, 11) is 0. The average molecular weight is 210 g/mol. The van der Waals surface area contributed by atoms with Crippen molar-refractivity contribution in [2.75, 3.05) is 26.2 Å². The van der Waals surface area contributed by atoms with Gasteiger partial charge in [0.05, 0.1) is 0 Å². The standard InChI is InChI=1S/C12H22N2O/c1-2-12(15)14-9-7-13(8-10-14)11-5-3-4-6-11/h11H,2-10H2,1H3. The first kappa shape index (κ1) is 10.9. The molecule has 1 saturated heterocycles. The van der Waals surface area contributed by atoms with Crippen LogP contribution in [0.1, 0.15) is 39.0 Å². The number of carbonyl (C=O) groups excluding carboxylic acids is 1. The highest BCUT2D eigenvalue weighted by Crippen LogP contribution is 2.24. The molecule has 1 saturated carbocycles. The molecular weight excluding hydrogens is 188 g/mol. The molecular formula is C12H22N2O. The highest BCUT2D eigenvalue weighted by molar-refractivity contribution is 5.75. The summed E-state index contributed by atoms with van der Waals surface area (Å²) in [6.07, 6.45) is 6.21. The first-order chi connectivity index (χ1) is 7.31. The zero-order valence-corrected chi connectivity index (χ0v) is 9.74. The lowest BCUT2D eigenvalue weighted by Gasteiger charge is -2.38. The number of amides is 1. The second kappa shape index (κ2) is 4.97. The molecule has 1 aliphatic heterocycles. The van der Waals surface area contributed by atoms with E-state index in [0.717, 1.165) is 32.2 Å². The molecule has 0 N–H and O–H groups in total. The van der Waals surface area contributed by atoms with E-state index in [1.54, 1.807) is 0 Å². The third kappa shape index (κ3) is 2.51. The highest BCUT2D eigenvalue weighted by Gasteiger charge is 2.27. The van der Waals surface area contributed by atoms with Crippen molar-refractivity contribution in [3.05, 3.63) is 0 Å². The second-order valence-corrected chi connectivity index (χ2v) is 4.71. The van der Waals surface area contributed by atoms with Gasteiger partial charge in [-0.15, -0.1) is 0 Å². The monoisotopic (exact) mass is 210 g/mol. The van der Waals surface area contributed by atoms with Gasteiger partial charge in [-0.1, -0.05) is 19.8 Å². The van der Waals surface area contributed by atoms with Gasteiger partial charge in [-0.25, -0.2) is 0 Å². The summed E-state index contributed by atoms with van der Waals surface area (Å²) >= 11 is 0. The molecule has 3 heteroatoms. The molecule has 2 aliphatic rings. The Hall–Kier alpha value is -0.570. The normalized spacial score (nSPS) is 24.7. The van der Waals surface area contributed by atoms with Crippen molar-refractivity contribution in [1.29, 1.82) is 0 Å². The van der Waals surface area contributed by atoms with Crippen LogP contribution >= 0.6 is 0 Å². The Morgan fingerprint density at radius 2 is 1.73 bits per heavy atom. The summed E-state index contributed by atoms with van der Waals surface area (Å²) in [5.74, 6) is 0.320. The van der Waals surface area contributed by atoms with Crippen molar-refractivity contribution in [2.45, 2.75) is 45.1 Å². The molecule has 86 valence electrons. The van der Waals surface area contributed by atoms with Gasteiger partial charge in [-0.2, -0.15) is 0 Å². The van der Waals surface area contributed by atoms with Crippen LogP contribution < -0.4 is 0 Å². The first-order valence-electron chi connectivity index (χ1n) is 6.33. The van der Waals surface area contributed by atoms with Gasteiger partial charge in [0.15, 0.2) is 0 Å². The predicted octanol–water partition coefficient (Wildman–Crippen LogP) is 1.48. The lowest BCUT2D eigenvalue weighted by atomic mass is 10.2. The minimum Gasteiger partial charge on any atom is -0.340 e. The fourth-order valence-electron chi connectivity index (χ4n) is 2.83. The summed E-state index contributed by atoms with van der Waals surface area (Å²) in [6, 6.07) is 0.823. The first-order valence-corrected chi connectivity index (χ1v) is 6.33. The molecule has 2 fully saturated rings. The molecule has 0 radical (unpaired) electrons. The van der Waals surface area contributed by atoms with E-state index in [9.17, 15) is 4.79 Å². The molecule has 0 atom stereocenters. The molecule has 3 nitrogen and oxygen atoms in total. The molecule has 1 aliphatic carbocycles. The predicted molar refractivity (Wildman–Crippen MR) is 60.7 cm³/mol. The van der Waals surface area contributed by atoms with Crippen molar-refractivity contribution in [2.24, 2.45) is 0 Å². The van der Waals surface area contributed by atoms with E-state index in [4.69, 9.17) is 0 Å². The Labute approximate surface area is 92.4 Å². The van der Waals surface area contributed by atoms with Crippen LogP contribution in [-0.2, 0) is 4.79 Å². The van der Waals surface area contributed by atoms with E-state index in [1.807, 2.05) is 11.8 Å². The summed E-state index contributed by atoms with van der Waals surface area (Å²) in [4.78, 5) is 16.1. The molecule has 0 aromatic carbocycles. The third-order valence-corrected chi connectivity index (χ3v) is 3.81. The largest absolute Gasteiger partial charge is 0.340 e. The molecule has 15 heavy (non-hydrogen) atoms. The molecule has 0 aromatic rings. The van der Waals surface area contributed by atoms with Crippen molar-refractivity contribution in [1.82, 2.24) is 9.80 Å². The number of hydrogen-bond donors (Lipinski definition) is 0. The number of carbonyl (C=O) groups is 1. The highest BCUT2D eigenvalue weighted by atomic mass is 16.2. The maximum absolute atomic E-state index is 11.5. The van der Waals surface area contributed by atoms with Crippen LogP contribution in [0.15, 0.2) is 0 Å². The van der Waals surface area contributed by atoms with Gasteiger partial charge in [0, 0.05) is 38.6 Å². The van der Waals surface area contributed by atoms with Gasteiger partial charge < -0.3 is 4.90 Å². The van der Waals surface area contributed by atoms with Gasteiger partial charge in [0.2, 0.25) is 5.91 Å². The number of hydrogen-bond acceptors (Lipinski definition) is 2. The van der Waals surface area contributed by atoms with E-state index >= 15 is 0 Å². The Balaban J connectivity index is 1.78. The summed E-state index contributed by atoms with van der Waals surface area (Å²) in [6.45, 7) is 6.03. The zero-order chi connectivity index (χ0) is 10.7. The minimum absolute atomic E-state index is 0.320. The average Bonchev–Trinajstić information content (AvgIpc) is 2.82. The summed E-state index contributed by atoms with van der Waals surface area (Å²) in [5.41, 5.74) is 0. The minimum atomic E-state index is 0.320. The Bertz CT molecular complexity index is 216. The third-order valence-electron chi connectivity index (χ3n) is 3.81. The SMILES string of the molecule is CCC(=O)N1CCN(C2CCCC2)CC1. The van der Waals surface area contributed by atoms with E-state index in [1.165, 1.54) is 25.7 Å². The molecule has 1 heterocycles. The van der Waals surface area contributed by atoms with Gasteiger partial charge in [0.25, 0.3) is 0 Å². The van der Waals surface area contributed by atoms with Crippen molar-refractivity contribution in [3.8, 4) is 0 Å². The van der Waals surface area contributed by atoms with Gasteiger partial charge in [-0.05, 0) is 12.8 Å². The van der Waals surface area contributed by atoms with Crippen LogP contribution in [0.3, 0.4) is 0 Å². The number of nitrogens with zero attached hydrogens (tertiary/aromatic N) is 2. The van der Waals surface area contributed by atoms with Gasteiger partial charge in [0.1, 0.15) is 0 Å². The van der Waals surface area contributed by atoms with E-state index < -0.39 is 0 Å². The van der Waals surface area contributed by atoms with Crippen molar-refractivity contribution in [3.63, 3.8) is 0 Å². The van der Waals surface area contributed by atoms with Crippen LogP contribution in [0.25, 0.3) is 0 Å². The van der Waals surface area contributed by atoms with Gasteiger partial charge in [-0.3, -0.25) is 9.69 Å². The molecule has 0 bridgehead atoms. The topological polar surface area (TPSA) is 23.6 Å². The van der Waals surface area contributed by atoms with Crippen molar-refractivity contribution >= 4 is 5.91 Å². The number of rotatable bonds is 2. The van der Waals surface area contributed by atoms with E-state index in [2.05, 4.69) is 4.90 Å². The van der Waals surface area contributed by atoms with Crippen LogP contribution in [-0.4, -0.2) is 47.9 Å². The van der Waals surface area contributed by atoms with E-state index in [-0.39, 0.29) is 0 Å². The van der Waals surface area contributed by atoms with Crippen LogP contribution in [0.5, 0.6) is 0 Å². The Morgan fingerprint density at radius 1 is 1.13 bits per heavy atom. The molecule has 0 unspecified atom stereocenters. The lowest BCUT2D eigenvalue weighted by molar-refractivity contribution is -0.132. The molecule has 2 rings (SSSR count). The number of piperazine rings is 1. The molecule has 0 aromatic heterocycles. The maximum Gasteiger partial charge on any atom is 0.222 e. The fourth-order valence-corrected chi connectivity index (χ4v) is 2.83. The zero-order valence-electron chi connectivity index (χ0n) is 9.74. The van der Waals surface area contributed by atoms with Crippen molar-refractivity contribution < 1.29 is 4.79 Å². The Kier molecular flexibility index (Phi) is 3.62. The van der Waals surface area contributed by atoms with Gasteiger partial charge >= 0.3 is 0 Å². The summed E-state index contributed by atoms with van der Waals surface area (Å²) < 4.78 is 0. The lowest BCUT2D eigenvalue weighted by Crippen LogP contribution is -2.51. The molecule has 0 spiro atoms. The Morgan fingerprint density at radius 3 is 2.27 bits per heavy atom. The quantitative estimate of drug-likeness (QED) is 0.689. The fraction of sp³-hybridized carbons (Fsp3) is 0.917. The second-order valence-electron chi connectivity index (χ2n) is 4.71. The van der Waals surface area contributed by atoms with Crippen LogP contribution in [0.4, 0.5) is 0 Å². The summed E-state index contributed by atoms with van der Waals surface area (Å²) in [5, 5.41) is 0. The van der Waals surface area contributed by atoms with E-state index in [0.29, 0.717) is 12.3 Å². The molecule has 1 amide bonds. The van der Waals surface area contributed by atoms with Crippen LogP contribution in [0.2, 0.25) is 0 Å².